The van der Waals surface area contributed by atoms with E-state index in [0.29, 0.717) is 24.3 Å². The minimum Gasteiger partial charge on any atom is -0.496 e. The summed E-state index contributed by atoms with van der Waals surface area (Å²) in [5.74, 6) is 0.474. The smallest absolute Gasteiger partial charge is 0.257 e. The molecule has 0 unspecified atom stereocenters. The van der Waals surface area contributed by atoms with Crippen molar-refractivity contribution < 1.29 is 14.6 Å². The molecule has 1 aromatic rings. The van der Waals surface area contributed by atoms with Crippen LogP contribution in [0.15, 0.2) is 22.7 Å². The number of aliphatic hydroxyl groups excluding tert-OH is 1. The zero-order valence-electron chi connectivity index (χ0n) is 11.5. The first-order chi connectivity index (χ1) is 9.01. The molecule has 0 heterocycles. The molecule has 4 nitrogen and oxygen atoms in total. The molecule has 19 heavy (non-hydrogen) atoms. The van der Waals surface area contributed by atoms with Crippen LogP contribution in [-0.2, 0) is 0 Å². The average molecular weight is 330 g/mol. The zero-order valence-corrected chi connectivity index (χ0v) is 13.1. The maximum atomic E-state index is 12.5. The summed E-state index contributed by atoms with van der Waals surface area (Å²) < 4.78 is 6.12. The Balaban J connectivity index is 3.02. The molecule has 106 valence electrons. The fourth-order valence-corrected chi connectivity index (χ4v) is 2.17. The van der Waals surface area contributed by atoms with Gasteiger partial charge in [0.05, 0.1) is 12.7 Å². The monoisotopic (exact) mass is 329 g/mol. The molecule has 0 bridgehead atoms. The molecule has 0 aromatic heterocycles. The number of carbonyl (C=O) groups excluding carboxylic acids is 1. The minimum atomic E-state index is -0.0761. The highest BCUT2D eigenvalue weighted by Gasteiger charge is 2.21. The van der Waals surface area contributed by atoms with E-state index in [1.807, 2.05) is 19.9 Å². The highest BCUT2D eigenvalue weighted by atomic mass is 79.9. The summed E-state index contributed by atoms with van der Waals surface area (Å²) in [5.41, 5.74) is 0.539. The van der Waals surface area contributed by atoms with Gasteiger partial charge in [-0.1, -0.05) is 15.9 Å². The fraction of sp³-hybridized carbons (Fsp3) is 0.500. The van der Waals surface area contributed by atoms with E-state index in [-0.39, 0.29) is 18.6 Å². The number of benzene rings is 1. The van der Waals surface area contributed by atoms with Crippen molar-refractivity contribution >= 4 is 21.8 Å². The van der Waals surface area contributed by atoms with Gasteiger partial charge in [0.15, 0.2) is 0 Å². The Morgan fingerprint density at radius 3 is 2.68 bits per heavy atom. The second-order valence-corrected chi connectivity index (χ2v) is 5.43. The van der Waals surface area contributed by atoms with Crippen LogP contribution in [-0.4, -0.2) is 42.2 Å². The number of nitrogens with zero attached hydrogens (tertiary/aromatic N) is 1. The molecule has 1 rings (SSSR count). The molecular weight excluding hydrogens is 310 g/mol. The Morgan fingerprint density at radius 2 is 2.16 bits per heavy atom. The molecule has 0 aliphatic carbocycles. The van der Waals surface area contributed by atoms with Crippen LogP contribution in [0.2, 0.25) is 0 Å². The Hall–Kier alpha value is -1.07. The molecule has 0 atom stereocenters. The molecular formula is C14H20BrNO3. The Labute approximate surface area is 122 Å². The van der Waals surface area contributed by atoms with Gasteiger partial charge in [-0.25, -0.2) is 0 Å². The van der Waals surface area contributed by atoms with Crippen LogP contribution in [0.4, 0.5) is 0 Å². The third-order valence-electron chi connectivity index (χ3n) is 2.84. The van der Waals surface area contributed by atoms with Gasteiger partial charge in [-0.15, -0.1) is 0 Å². The standard InChI is InChI=1S/C14H20BrNO3/c1-10(2)16(7-4-8-17)14(18)12-6-5-11(15)9-13(12)19-3/h5-6,9-10,17H,4,7-8H2,1-3H3. The van der Waals surface area contributed by atoms with Crippen molar-refractivity contribution in [3.63, 3.8) is 0 Å². The van der Waals surface area contributed by atoms with Crippen molar-refractivity contribution in [1.29, 1.82) is 0 Å². The maximum absolute atomic E-state index is 12.5. The number of ether oxygens (including phenoxy) is 1. The lowest BCUT2D eigenvalue weighted by atomic mass is 10.1. The number of rotatable bonds is 6. The lowest BCUT2D eigenvalue weighted by molar-refractivity contribution is 0.0689. The van der Waals surface area contributed by atoms with Crippen molar-refractivity contribution in [2.45, 2.75) is 26.3 Å². The second-order valence-electron chi connectivity index (χ2n) is 4.51. The van der Waals surface area contributed by atoms with E-state index >= 15 is 0 Å². The van der Waals surface area contributed by atoms with Crippen molar-refractivity contribution in [3.05, 3.63) is 28.2 Å². The summed E-state index contributed by atoms with van der Waals surface area (Å²) in [4.78, 5) is 14.3. The van der Waals surface area contributed by atoms with Crippen LogP contribution < -0.4 is 4.74 Å². The fourth-order valence-electron chi connectivity index (χ4n) is 1.83. The molecule has 0 radical (unpaired) electrons. The van der Waals surface area contributed by atoms with Crippen LogP contribution in [0.3, 0.4) is 0 Å². The number of amides is 1. The van der Waals surface area contributed by atoms with Crippen molar-refractivity contribution in [2.24, 2.45) is 0 Å². The number of carbonyl (C=O) groups is 1. The van der Waals surface area contributed by atoms with Crippen molar-refractivity contribution in [3.8, 4) is 5.75 Å². The van der Waals surface area contributed by atoms with E-state index < -0.39 is 0 Å². The Kier molecular flexibility index (Phi) is 6.31. The molecule has 0 saturated heterocycles. The number of hydrogen-bond acceptors (Lipinski definition) is 3. The second kappa shape index (κ2) is 7.50. The van der Waals surface area contributed by atoms with Gasteiger partial charge in [0.25, 0.3) is 5.91 Å². The average Bonchev–Trinajstić information content (AvgIpc) is 2.38. The predicted molar refractivity (Wildman–Crippen MR) is 78.6 cm³/mol. The SMILES string of the molecule is COc1cc(Br)ccc1C(=O)N(CCCO)C(C)C. The summed E-state index contributed by atoms with van der Waals surface area (Å²) in [5, 5.41) is 8.92. The van der Waals surface area contributed by atoms with Crippen LogP contribution >= 0.6 is 15.9 Å². The Morgan fingerprint density at radius 1 is 1.47 bits per heavy atom. The molecule has 0 aliphatic heterocycles. The molecule has 0 aliphatic rings. The summed E-state index contributed by atoms with van der Waals surface area (Å²) in [7, 11) is 1.55. The van der Waals surface area contributed by atoms with Crippen LogP contribution in [0.25, 0.3) is 0 Å². The minimum absolute atomic E-state index is 0.0761. The number of methoxy groups -OCH3 is 1. The van der Waals surface area contributed by atoms with E-state index in [1.165, 1.54) is 0 Å². The normalized spacial score (nSPS) is 10.6. The third-order valence-corrected chi connectivity index (χ3v) is 3.33. The van der Waals surface area contributed by atoms with Gasteiger partial charge >= 0.3 is 0 Å². The van der Waals surface area contributed by atoms with E-state index in [2.05, 4.69) is 15.9 Å². The molecule has 1 amide bonds. The topological polar surface area (TPSA) is 49.8 Å². The van der Waals surface area contributed by atoms with Gasteiger partial charge in [0.1, 0.15) is 5.75 Å². The van der Waals surface area contributed by atoms with E-state index in [1.54, 1.807) is 24.1 Å². The van der Waals surface area contributed by atoms with Gasteiger partial charge in [0.2, 0.25) is 0 Å². The predicted octanol–water partition coefficient (Wildman–Crippen LogP) is 2.69. The largest absolute Gasteiger partial charge is 0.496 e. The van der Waals surface area contributed by atoms with Gasteiger partial charge in [0, 0.05) is 23.7 Å². The van der Waals surface area contributed by atoms with Crippen molar-refractivity contribution in [2.75, 3.05) is 20.3 Å². The molecule has 0 saturated carbocycles. The Bertz CT molecular complexity index is 435. The first-order valence-corrected chi connectivity index (χ1v) is 7.06. The zero-order chi connectivity index (χ0) is 14.4. The molecule has 1 N–H and O–H groups in total. The molecule has 5 heteroatoms. The van der Waals surface area contributed by atoms with E-state index in [4.69, 9.17) is 9.84 Å². The maximum Gasteiger partial charge on any atom is 0.257 e. The summed E-state index contributed by atoms with van der Waals surface area (Å²) >= 11 is 3.36. The van der Waals surface area contributed by atoms with Gasteiger partial charge in [-0.3, -0.25) is 4.79 Å². The number of halogens is 1. The highest BCUT2D eigenvalue weighted by Crippen LogP contribution is 2.25. The summed E-state index contributed by atoms with van der Waals surface area (Å²) in [6, 6.07) is 5.42. The summed E-state index contributed by atoms with van der Waals surface area (Å²) in [6.07, 6.45) is 0.572. The third kappa shape index (κ3) is 4.21. The van der Waals surface area contributed by atoms with Crippen molar-refractivity contribution in [1.82, 2.24) is 4.90 Å². The van der Waals surface area contributed by atoms with Crippen LogP contribution in [0, 0.1) is 0 Å². The van der Waals surface area contributed by atoms with Gasteiger partial charge < -0.3 is 14.7 Å². The lowest BCUT2D eigenvalue weighted by Crippen LogP contribution is -2.38. The molecule has 1 aromatic carbocycles. The number of hydrogen-bond donors (Lipinski definition) is 1. The van der Waals surface area contributed by atoms with Gasteiger partial charge in [-0.2, -0.15) is 0 Å². The van der Waals surface area contributed by atoms with Gasteiger partial charge in [-0.05, 0) is 38.5 Å². The van der Waals surface area contributed by atoms with E-state index in [0.717, 1.165) is 4.47 Å². The highest BCUT2D eigenvalue weighted by molar-refractivity contribution is 9.10. The quantitative estimate of drug-likeness (QED) is 0.872. The molecule has 0 spiro atoms. The lowest BCUT2D eigenvalue weighted by Gasteiger charge is -2.27. The van der Waals surface area contributed by atoms with E-state index in [9.17, 15) is 4.79 Å². The van der Waals surface area contributed by atoms with Crippen LogP contribution in [0.1, 0.15) is 30.6 Å². The van der Waals surface area contributed by atoms with Crippen LogP contribution in [0.5, 0.6) is 5.75 Å². The first-order valence-electron chi connectivity index (χ1n) is 6.26. The summed E-state index contributed by atoms with van der Waals surface area (Å²) in [6.45, 7) is 4.53. The first kappa shape index (κ1) is 16.0. The molecule has 0 fully saturated rings. The number of aliphatic hydroxyl groups is 1.